The van der Waals surface area contributed by atoms with E-state index in [2.05, 4.69) is 16.7 Å². The number of piperazine rings is 1. The molecule has 162 valence electrons. The van der Waals surface area contributed by atoms with E-state index in [0.717, 1.165) is 6.07 Å². The molecule has 1 saturated heterocycles. The summed E-state index contributed by atoms with van der Waals surface area (Å²) in [6.07, 6.45) is -0.465. The van der Waals surface area contributed by atoms with Gasteiger partial charge in [0, 0.05) is 37.8 Å². The predicted molar refractivity (Wildman–Crippen MR) is 110 cm³/mol. The molecule has 11 heteroatoms. The van der Waals surface area contributed by atoms with Gasteiger partial charge in [0.25, 0.3) is 5.69 Å². The average molecular weight is 439 g/mol. The molecule has 2 amide bonds. The van der Waals surface area contributed by atoms with Crippen LogP contribution >= 0.6 is 11.6 Å². The summed E-state index contributed by atoms with van der Waals surface area (Å²) in [5.74, 6) is 4.88. The number of nitrogens with two attached hydrogens (primary N) is 1. The Morgan fingerprint density at radius 2 is 1.93 bits per heavy atom. The first kappa shape index (κ1) is 23.3. The van der Waals surface area contributed by atoms with E-state index in [1.165, 1.54) is 6.07 Å². The van der Waals surface area contributed by atoms with Gasteiger partial charge in [-0.15, -0.1) is 0 Å². The SMILES string of the molecule is CC(C)OC(=O)N1CCN(CC#CCOc2cc(C(N)=O)cc([N+](=O)[O-])c2Cl)CC1. The van der Waals surface area contributed by atoms with E-state index in [4.69, 9.17) is 26.8 Å². The molecule has 1 fully saturated rings. The summed E-state index contributed by atoms with van der Waals surface area (Å²) in [6, 6.07) is 2.24. The third kappa shape index (κ3) is 6.50. The molecule has 1 aromatic carbocycles. The molecule has 0 unspecified atom stereocenters. The molecule has 2 N–H and O–H groups in total. The Hall–Kier alpha value is -3.03. The summed E-state index contributed by atoms with van der Waals surface area (Å²) >= 11 is 5.97. The maximum atomic E-state index is 11.9. The van der Waals surface area contributed by atoms with Crippen molar-refractivity contribution in [2.75, 3.05) is 39.3 Å². The highest BCUT2D eigenvalue weighted by atomic mass is 35.5. The van der Waals surface area contributed by atoms with Crippen molar-refractivity contribution in [1.29, 1.82) is 0 Å². The molecule has 2 rings (SSSR count). The number of hydrogen-bond donors (Lipinski definition) is 1. The Balaban J connectivity index is 1.86. The summed E-state index contributed by atoms with van der Waals surface area (Å²) in [5.41, 5.74) is 4.64. The van der Waals surface area contributed by atoms with E-state index >= 15 is 0 Å². The molecular weight excluding hydrogens is 416 g/mol. The van der Waals surface area contributed by atoms with Crippen molar-refractivity contribution in [2.24, 2.45) is 5.73 Å². The van der Waals surface area contributed by atoms with Gasteiger partial charge in [-0.25, -0.2) is 4.79 Å². The van der Waals surface area contributed by atoms with Crippen molar-refractivity contribution in [2.45, 2.75) is 20.0 Å². The number of ether oxygens (including phenoxy) is 2. The molecule has 0 radical (unpaired) electrons. The van der Waals surface area contributed by atoms with Crippen LogP contribution in [0.4, 0.5) is 10.5 Å². The molecule has 0 aliphatic carbocycles. The van der Waals surface area contributed by atoms with Crippen molar-refractivity contribution >= 4 is 29.3 Å². The van der Waals surface area contributed by atoms with Crippen LogP contribution in [0.3, 0.4) is 0 Å². The quantitative estimate of drug-likeness (QED) is 0.408. The number of amides is 2. The van der Waals surface area contributed by atoms with Crippen molar-refractivity contribution in [3.8, 4) is 17.6 Å². The van der Waals surface area contributed by atoms with Gasteiger partial charge in [0.05, 0.1) is 17.6 Å². The number of halogens is 1. The van der Waals surface area contributed by atoms with Gasteiger partial charge in [0.2, 0.25) is 5.91 Å². The van der Waals surface area contributed by atoms with Gasteiger partial charge >= 0.3 is 6.09 Å². The number of primary amides is 1. The molecule has 10 nitrogen and oxygen atoms in total. The highest BCUT2D eigenvalue weighted by Gasteiger charge is 2.22. The highest BCUT2D eigenvalue weighted by molar-refractivity contribution is 6.34. The number of benzene rings is 1. The lowest BCUT2D eigenvalue weighted by molar-refractivity contribution is -0.384. The topological polar surface area (TPSA) is 128 Å². The van der Waals surface area contributed by atoms with Gasteiger partial charge in [-0.3, -0.25) is 19.8 Å². The molecule has 30 heavy (non-hydrogen) atoms. The number of nitrogens with zero attached hydrogens (tertiary/aromatic N) is 3. The Bertz CT molecular complexity index is 872. The van der Waals surface area contributed by atoms with Crippen LogP contribution in [0.15, 0.2) is 12.1 Å². The van der Waals surface area contributed by atoms with E-state index in [0.29, 0.717) is 32.7 Å². The first-order chi connectivity index (χ1) is 14.2. The first-order valence-electron chi connectivity index (χ1n) is 9.23. The monoisotopic (exact) mass is 438 g/mol. The van der Waals surface area contributed by atoms with Gasteiger partial charge in [0.15, 0.2) is 5.02 Å². The van der Waals surface area contributed by atoms with Crippen LogP contribution in [0.1, 0.15) is 24.2 Å². The molecule has 1 heterocycles. The predicted octanol–water partition coefficient (Wildman–Crippen LogP) is 1.89. The maximum absolute atomic E-state index is 11.9. The maximum Gasteiger partial charge on any atom is 0.410 e. The molecule has 0 saturated carbocycles. The van der Waals surface area contributed by atoms with Crippen LogP contribution < -0.4 is 10.5 Å². The lowest BCUT2D eigenvalue weighted by atomic mass is 10.2. The number of nitro benzene ring substituents is 1. The van der Waals surface area contributed by atoms with E-state index in [1.54, 1.807) is 18.7 Å². The fourth-order valence-corrected chi connectivity index (χ4v) is 2.89. The molecule has 1 aliphatic heterocycles. The van der Waals surface area contributed by atoms with Crippen LogP contribution in [0, 0.1) is 22.0 Å². The van der Waals surface area contributed by atoms with Crippen molar-refractivity contribution in [3.05, 3.63) is 32.8 Å². The van der Waals surface area contributed by atoms with E-state index in [-0.39, 0.29) is 35.1 Å². The van der Waals surface area contributed by atoms with Crippen LogP contribution in [0.2, 0.25) is 5.02 Å². The third-order valence-corrected chi connectivity index (χ3v) is 4.58. The van der Waals surface area contributed by atoms with Crippen molar-refractivity contribution in [3.63, 3.8) is 0 Å². The summed E-state index contributed by atoms with van der Waals surface area (Å²) in [7, 11) is 0. The fourth-order valence-electron chi connectivity index (χ4n) is 2.66. The van der Waals surface area contributed by atoms with Crippen LogP contribution in [0.25, 0.3) is 0 Å². The zero-order valence-corrected chi connectivity index (χ0v) is 17.5. The van der Waals surface area contributed by atoms with Gasteiger partial charge in [0.1, 0.15) is 12.4 Å². The van der Waals surface area contributed by atoms with Gasteiger partial charge < -0.3 is 20.1 Å². The lowest BCUT2D eigenvalue weighted by Crippen LogP contribution is -2.49. The molecule has 0 aromatic heterocycles. The van der Waals surface area contributed by atoms with Crippen molar-refractivity contribution in [1.82, 2.24) is 9.80 Å². The summed E-state index contributed by atoms with van der Waals surface area (Å²) in [6.45, 7) is 6.47. The summed E-state index contributed by atoms with van der Waals surface area (Å²) < 4.78 is 10.6. The number of carbonyl (C=O) groups is 2. The smallest absolute Gasteiger partial charge is 0.410 e. The molecule has 1 aliphatic rings. The largest absolute Gasteiger partial charge is 0.479 e. The zero-order valence-electron chi connectivity index (χ0n) is 16.7. The first-order valence-corrected chi connectivity index (χ1v) is 9.61. The van der Waals surface area contributed by atoms with Crippen LogP contribution in [-0.4, -0.2) is 72.2 Å². The van der Waals surface area contributed by atoms with Gasteiger partial charge in [-0.05, 0) is 19.9 Å². The minimum atomic E-state index is -0.831. The minimum absolute atomic E-state index is 0.0359. The highest BCUT2D eigenvalue weighted by Crippen LogP contribution is 2.35. The van der Waals surface area contributed by atoms with E-state index < -0.39 is 16.5 Å². The number of rotatable bonds is 6. The fraction of sp³-hybridized carbons (Fsp3) is 0.474. The van der Waals surface area contributed by atoms with Gasteiger partial charge in [-0.1, -0.05) is 23.4 Å². The zero-order chi connectivity index (χ0) is 22.3. The Morgan fingerprint density at radius 3 is 2.50 bits per heavy atom. The normalized spacial score (nSPS) is 14.1. The van der Waals surface area contributed by atoms with E-state index in [1.807, 2.05) is 0 Å². The van der Waals surface area contributed by atoms with Crippen molar-refractivity contribution < 1.29 is 24.0 Å². The Morgan fingerprint density at radius 1 is 1.27 bits per heavy atom. The number of nitro groups is 1. The average Bonchev–Trinajstić information content (AvgIpc) is 2.68. The second kappa shape index (κ2) is 10.7. The number of hydrogen-bond acceptors (Lipinski definition) is 7. The van der Waals surface area contributed by atoms with Gasteiger partial charge in [-0.2, -0.15) is 0 Å². The molecule has 1 aromatic rings. The summed E-state index contributed by atoms with van der Waals surface area (Å²) in [4.78, 5) is 37.3. The Labute approximate surface area is 179 Å². The minimum Gasteiger partial charge on any atom is -0.479 e. The second-order valence-corrected chi connectivity index (χ2v) is 7.14. The number of carbonyl (C=O) groups excluding carboxylic acids is 2. The lowest BCUT2D eigenvalue weighted by Gasteiger charge is -2.33. The summed E-state index contributed by atoms with van der Waals surface area (Å²) in [5, 5.41) is 10.8. The molecule has 0 bridgehead atoms. The molecule has 0 spiro atoms. The third-order valence-electron chi connectivity index (χ3n) is 4.20. The second-order valence-electron chi connectivity index (χ2n) is 6.77. The standard InChI is InChI=1S/C19H23ClN4O6/c1-13(2)30-19(26)23-8-6-22(7-9-23)5-3-4-10-29-16-12-14(18(21)25)11-15(17(16)20)24(27)28/h11-13H,5-10H2,1-2H3,(H2,21,25). The van der Waals surface area contributed by atoms with E-state index in [9.17, 15) is 19.7 Å². The molecular formula is C19H23ClN4O6. The molecule has 0 atom stereocenters. The Kier molecular flexibility index (Phi) is 8.26. The van der Waals surface area contributed by atoms with Crippen LogP contribution in [0.5, 0.6) is 5.75 Å². The van der Waals surface area contributed by atoms with Crippen LogP contribution in [-0.2, 0) is 4.74 Å².